The van der Waals surface area contributed by atoms with E-state index in [-0.39, 0.29) is 0 Å². The van der Waals surface area contributed by atoms with Crippen LogP contribution in [0, 0.1) is 6.92 Å². The second kappa shape index (κ2) is 4.29. The summed E-state index contributed by atoms with van der Waals surface area (Å²) in [6, 6.07) is 11.1. The number of fused-ring (bicyclic) bond motifs is 1. The third-order valence-corrected chi connectivity index (χ3v) is 4.52. The summed E-state index contributed by atoms with van der Waals surface area (Å²) in [5.74, 6) is 0.604. The Balaban J connectivity index is 2.15. The van der Waals surface area contributed by atoms with Crippen LogP contribution >= 0.6 is 11.3 Å². The van der Waals surface area contributed by atoms with E-state index in [0.717, 1.165) is 0 Å². The Morgan fingerprint density at radius 3 is 2.67 bits per heavy atom. The number of aromatic nitrogens is 1. The molecule has 0 saturated heterocycles. The van der Waals surface area contributed by atoms with Gasteiger partial charge in [-0.2, -0.15) is 0 Å². The van der Waals surface area contributed by atoms with E-state index in [4.69, 9.17) is 0 Å². The topological polar surface area (TPSA) is 4.93 Å². The van der Waals surface area contributed by atoms with Gasteiger partial charge < -0.3 is 4.57 Å². The molecule has 0 aliphatic carbocycles. The van der Waals surface area contributed by atoms with Gasteiger partial charge in [0.2, 0.25) is 0 Å². The zero-order chi connectivity index (χ0) is 12.7. The summed E-state index contributed by atoms with van der Waals surface area (Å²) < 4.78 is 2.28. The van der Waals surface area contributed by atoms with E-state index in [1.54, 1.807) is 0 Å². The van der Waals surface area contributed by atoms with Crippen molar-refractivity contribution in [3.8, 4) is 5.69 Å². The minimum Gasteiger partial charge on any atom is -0.316 e. The van der Waals surface area contributed by atoms with Crippen molar-refractivity contribution in [3.05, 3.63) is 52.3 Å². The van der Waals surface area contributed by atoms with E-state index in [0.29, 0.717) is 5.92 Å². The maximum atomic E-state index is 2.30. The lowest BCUT2D eigenvalue weighted by atomic mass is 10.2. The van der Waals surface area contributed by atoms with Gasteiger partial charge in [-0.15, -0.1) is 11.3 Å². The molecule has 0 unspecified atom stereocenters. The summed E-state index contributed by atoms with van der Waals surface area (Å²) in [6.07, 6.45) is 2.16. The molecular weight excluding hydrogens is 238 g/mol. The van der Waals surface area contributed by atoms with Crippen LogP contribution in [0.4, 0.5) is 0 Å². The first-order valence-corrected chi connectivity index (χ1v) is 7.19. The molecule has 18 heavy (non-hydrogen) atoms. The van der Waals surface area contributed by atoms with Crippen molar-refractivity contribution in [1.29, 1.82) is 0 Å². The van der Waals surface area contributed by atoms with Gasteiger partial charge in [0.15, 0.2) is 0 Å². The Morgan fingerprint density at radius 2 is 1.94 bits per heavy atom. The van der Waals surface area contributed by atoms with Crippen LogP contribution in [0.3, 0.4) is 0 Å². The molecule has 0 spiro atoms. The molecule has 0 saturated carbocycles. The second-order valence-electron chi connectivity index (χ2n) is 5.11. The van der Waals surface area contributed by atoms with Crippen molar-refractivity contribution >= 4 is 22.2 Å². The molecule has 92 valence electrons. The van der Waals surface area contributed by atoms with Crippen LogP contribution in [-0.2, 0) is 0 Å². The first-order valence-electron chi connectivity index (χ1n) is 6.31. The molecule has 0 radical (unpaired) electrons. The molecule has 1 nitrogen and oxygen atoms in total. The van der Waals surface area contributed by atoms with Crippen LogP contribution in [-0.4, -0.2) is 4.57 Å². The molecule has 0 amide bonds. The molecule has 0 bridgehead atoms. The lowest BCUT2D eigenvalue weighted by Gasteiger charge is -2.03. The molecule has 3 aromatic rings. The van der Waals surface area contributed by atoms with Crippen molar-refractivity contribution < 1.29 is 0 Å². The van der Waals surface area contributed by atoms with E-state index >= 15 is 0 Å². The largest absolute Gasteiger partial charge is 0.316 e. The van der Waals surface area contributed by atoms with Crippen LogP contribution in [0.1, 0.15) is 30.2 Å². The number of nitrogens with zero attached hydrogens (tertiary/aromatic N) is 1. The lowest BCUT2D eigenvalue weighted by molar-refractivity contribution is 0.888. The van der Waals surface area contributed by atoms with Gasteiger partial charge in [0.1, 0.15) is 0 Å². The van der Waals surface area contributed by atoms with E-state index in [1.165, 1.54) is 27.0 Å². The molecule has 2 heterocycles. The molecule has 2 heteroatoms. The van der Waals surface area contributed by atoms with Crippen molar-refractivity contribution in [2.45, 2.75) is 26.7 Å². The molecule has 0 fully saturated rings. The van der Waals surface area contributed by atoms with Crippen molar-refractivity contribution in [2.75, 3.05) is 0 Å². The predicted molar refractivity (Wildman–Crippen MR) is 80.0 cm³/mol. The Labute approximate surface area is 112 Å². The quantitative estimate of drug-likeness (QED) is 0.598. The fourth-order valence-corrected chi connectivity index (χ4v) is 3.13. The van der Waals surface area contributed by atoms with Gasteiger partial charge >= 0.3 is 0 Å². The van der Waals surface area contributed by atoms with Gasteiger partial charge in [-0.3, -0.25) is 0 Å². The van der Waals surface area contributed by atoms with Gasteiger partial charge in [0, 0.05) is 16.5 Å². The van der Waals surface area contributed by atoms with Crippen molar-refractivity contribution in [1.82, 2.24) is 4.57 Å². The second-order valence-corrected chi connectivity index (χ2v) is 6.05. The molecule has 0 atom stereocenters. The summed E-state index contributed by atoms with van der Waals surface area (Å²) in [6.45, 7) is 6.63. The first kappa shape index (κ1) is 11.5. The lowest BCUT2D eigenvalue weighted by Crippen LogP contribution is -1.89. The molecule has 0 aliphatic heterocycles. The van der Waals surface area contributed by atoms with E-state index < -0.39 is 0 Å². The minimum atomic E-state index is 0.604. The SMILES string of the molecule is Cc1ccc2ccn(-c3csc(C(C)C)c3)c2c1. The third kappa shape index (κ3) is 1.87. The number of hydrogen-bond donors (Lipinski definition) is 0. The standard InChI is InChI=1S/C16H17NS/c1-11(2)16-9-14(10-18-16)17-7-6-13-5-4-12(3)8-15(13)17/h4-11H,1-3H3. The molecule has 0 aliphatic rings. The van der Waals surface area contributed by atoms with E-state index in [1.807, 2.05) is 11.3 Å². The molecular formula is C16H17NS. The van der Waals surface area contributed by atoms with Gasteiger partial charge in [0.25, 0.3) is 0 Å². The summed E-state index contributed by atoms with van der Waals surface area (Å²) in [5.41, 5.74) is 3.88. The van der Waals surface area contributed by atoms with Crippen molar-refractivity contribution in [3.63, 3.8) is 0 Å². The monoisotopic (exact) mass is 255 g/mol. The Bertz CT molecular complexity index is 688. The van der Waals surface area contributed by atoms with Gasteiger partial charge in [0.05, 0.1) is 11.2 Å². The molecule has 1 aromatic carbocycles. The fraction of sp³-hybridized carbons (Fsp3) is 0.250. The van der Waals surface area contributed by atoms with E-state index in [2.05, 4.69) is 67.2 Å². The predicted octanol–water partition coefficient (Wildman–Crippen LogP) is 5.12. The number of thiophene rings is 1. The highest BCUT2D eigenvalue weighted by molar-refractivity contribution is 7.10. The summed E-state index contributed by atoms with van der Waals surface area (Å²) in [4.78, 5) is 1.44. The Kier molecular flexibility index (Phi) is 2.75. The smallest absolute Gasteiger partial charge is 0.0565 e. The highest BCUT2D eigenvalue weighted by atomic mass is 32.1. The fourth-order valence-electron chi connectivity index (χ4n) is 2.23. The van der Waals surface area contributed by atoms with Gasteiger partial charge in [-0.1, -0.05) is 26.0 Å². The Hall–Kier alpha value is -1.54. The van der Waals surface area contributed by atoms with Crippen LogP contribution in [0.25, 0.3) is 16.6 Å². The number of hydrogen-bond acceptors (Lipinski definition) is 1. The maximum absolute atomic E-state index is 2.30. The van der Waals surface area contributed by atoms with Gasteiger partial charge in [-0.25, -0.2) is 0 Å². The highest BCUT2D eigenvalue weighted by Crippen LogP contribution is 2.28. The highest BCUT2D eigenvalue weighted by Gasteiger charge is 2.07. The summed E-state index contributed by atoms with van der Waals surface area (Å²) >= 11 is 1.85. The number of aryl methyl sites for hydroxylation is 1. The zero-order valence-corrected chi connectivity index (χ0v) is 11.8. The average Bonchev–Trinajstić information content (AvgIpc) is 2.93. The third-order valence-electron chi connectivity index (χ3n) is 3.30. The summed E-state index contributed by atoms with van der Waals surface area (Å²) in [7, 11) is 0. The number of rotatable bonds is 2. The van der Waals surface area contributed by atoms with E-state index in [9.17, 15) is 0 Å². The summed E-state index contributed by atoms with van der Waals surface area (Å²) in [5, 5.41) is 3.55. The number of benzene rings is 1. The molecule has 3 rings (SSSR count). The maximum Gasteiger partial charge on any atom is 0.0565 e. The van der Waals surface area contributed by atoms with Crippen LogP contribution in [0.15, 0.2) is 41.9 Å². The zero-order valence-electron chi connectivity index (χ0n) is 11.0. The normalized spacial score (nSPS) is 11.6. The minimum absolute atomic E-state index is 0.604. The Morgan fingerprint density at radius 1 is 1.11 bits per heavy atom. The first-order chi connectivity index (χ1) is 8.65. The average molecular weight is 255 g/mol. The van der Waals surface area contributed by atoms with Crippen LogP contribution in [0.2, 0.25) is 0 Å². The van der Waals surface area contributed by atoms with Gasteiger partial charge in [-0.05, 0) is 42.0 Å². The molecule has 0 N–H and O–H groups in total. The van der Waals surface area contributed by atoms with Crippen molar-refractivity contribution in [2.24, 2.45) is 0 Å². The molecule has 2 aromatic heterocycles. The van der Waals surface area contributed by atoms with Crippen LogP contribution in [0.5, 0.6) is 0 Å². The van der Waals surface area contributed by atoms with Crippen LogP contribution < -0.4 is 0 Å².